The second-order valence-corrected chi connectivity index (χ2v) is 7.77. The van der Waals surface area contributed by atoms with Gasteiger partial charge in [0, 0.05) is 23.2 Å². The summed E-state index contributed by atoms with van der Waals surface area (Å²) in [5, 5.41) is 3.30. The van der Waals surface area contributed by atoms with Gasteiger partial charge in [-0.3, -0.25) is 0 Å². The summed E-state index contributed by atoms with van der Waals surface area (Å²) in [5.74, 6) is -0.256. The minimum Gasteiger partial charge on any atom is -0.385 e. The van der Waals surface area contributed by atoms with E-state index in [1.165, 1.54) is 12.1 Å². The molecule has 2 bridgehead atoms. The van der Waals surface area contributed by atoms with Crippen molar-refractivity contribution in [2.24, 2.45) is 0 Å². The standard InChI is InChI=1S/C17H14F3NO3S/c18-17(19,20)25(22,23)24-14-6-3-4-11-10-13-12-5-1-2-7-16(12,15(11)14)8-9-21-13/h1-6,10,21H,7-9H2. The minimum atomic E-state index is -5.73. The quantitative estimate of drug-likeness (QED) is 0.641. The molecule has 3 aliphatic rings. The van der Waals surface area contributed by atoms with Gasteiger partial charge in [0.25, 0.3) is 0 Å². The van der Waals surface area contributed by atoms with Crippen molar-refractivity contribution in [1.82, 2.24) is 5.32 Å². The van der Waals surface area contributed by atoms with E-state index in [2.05, 4.69) is 9.50 Å². The van der Waals surface area contributed by atoms with Crippen molar-refractivity contribution in [3.63, 3.8) is 0 Å². The summed E-state index contributed by atoms with van der Waals surface area (Å²) in [6, 6.07) is 4.54. The molecule has 0 saturated carbocycles. The van der Waals surface area contributed by atoms with Gasteiger partial charge in [-0.15, -0.1) is 0 Å². The average Bonchev–Trinajstić information content (AvgIpc) is 2.53. The smallest absolute Gasteiger partial charge is 0.385 e. The Morgan fingerprint density at radius 1 is 1.24 bits per heavy atom. The van der Waals surface area contributed by atoms with E-state index in [4.69, 9.17) is 0 Å². The number of hydrogen-bond donors (Lipinski definition) is 1. The van der Waals surface area contributed by atoms with Crippen LogP contribution in [-0.2, 0) is 15.5 Å². The highest BCUT2D eigenvalue weighted by Gasteiger charge is 2.51. The average molecular weight is 369 g/mol. The summed E-state index contributed by atoms with van der Waals surface area (Å²) < 4.78 is 65.9. The van der Waals surface area contributed by atoms with Gasteiger partial charge in [0.2, 0.25) is 0 Å². The molecule has 132 valence electrons. The lowest BCUT2D eigenvalue weighted by Crippen LogP contribution is -2.44. The fourth-order valence-electron chi connectivity index (χ4n) is 3.85. The number of piperidine rings is 1. The van der Waals surface area contributed by atoms with Gasteiger partial charge in [-0.25, -0.2) is 0 Å². The first kappa shape index (κ1) is 16.3. The molecule has 0 aromatic heterocycles. The Hall–Kier alpha value is -2.22. The zero-order valence-corrected chi connectivity index (χ0v) is 13.7. The minimum absolute atomic E-state index is 0.256. The van der Waals surface area contributed by atoms with Crippen LogP contribution in [0.25, 0.3) is 6.08 Å². The Bertz CT molecular complexity index is 944. The molecule has 1 fully saturated rings. The highest BCUT2D eigenvalue weighted by Crippen LogP contribution is 2.54. The van der Waals surface area contributed by atoms with Gasteiger partial charge in [-0.05, 0) is 36.1 Å². The third-order valence-corrected chi connectivity index (χ3v) is 5.82. The van der Waals surface area contributed by atoms with E-state index in [-0.39, 0.29) is 5.75 Å². The number of benzene rings is 1. The third-order valence-electron chi connectivity index (χ3n) is 4.86. The van der Waals surface area contributed by atoms with Gasteiger partial charge in [0.05, 0.1) is 0 Å². The number of alkyl halides is 3. The summed E-state index contributed by atoms with van der Waals surface area (Å²) >= 11 is 0. The van der Waals surface area contributed by atoms with Crippen molar-refractivity contribution in [1.29, 1.82) is 0 Å². The lowest BCUT2D eigenvalue weighted by atomic mass is 9.61. The van der Waals surface area contributed by atoms with Crippen LogP contribution in [0.3, 0.4) is 0 Å². The number of hydrogen-bond acceptors (Lipinski definition) is 4. The molecule has 1 aliphatic heterocycles. The number of nitrogens with one attached hydrogen (secondary N) is 1. The fraction of sp³-hybridized carbons (Fsp3) is 0.294. The Kier molecular flexibility index (Phi) is 3.34. The van der Waals surface area contributed by atoms with Crippen LogP contribution < -0.4 is 9.50 Å². The van der Waals surface area contributed by atoms with Crippen LogP contribution >= 0.6 is 0 Å². The fourth-order valence-corrected chi connectivity index (χ4v) is 4.32. The van der Waals surface area contributed by atoms with E-state index in [0.717, 1.165) is 11.3 Å². The number of allylic oxidation sites excluding steroid dienone is 4. The van der Waals surface area contributed by atoms with Crippen molar-refractivity contribution in [3.8, 4) is 5.75 Å². The SMILES string of the molecule is O=S(=O)(Oc1cccc2c1C13CC=CC=C1C(=C2)NCC3)C(F)(F)F. The molecular formula is C17H14F3NO3S. The molecule has 25 heavy (non-hydrogen) atoms. The largest absolute Gasteiger partial charge is 0.534 e. The first-order chi connectivity index (χ1) is 11.7. The number of rotatable bonds is 2. The Morgan fingerprint density at radius 3 is 2.80 bits per heavy atom. The van der Waals surface area contributed by atoms with Crippen LogP contribution in [0.4, 0.5) is 13.2 Å². The molecule has 1 heterocycles. The maximum Gasteiger partial charge on any atom is 0.534 e. The van der Waals surface area contributed by atoms with E-state index in [1.54, 1.807) is 6.07 Å². The van der Waals surface area contributed by atoms with Crippen molar-refractivity contribution in [3.05, 3.63) is 58.8 Å². The number of halogens is 3. The maximum atomic E-state index is 12.8. The van der Waals surface area contributed by atoms with Crippen LogP contribution in [0.5, 0.6) is 5.75 Å². The van der Waals surface area contributed by atoms with Crippen molar-refractivity contribution >= 4 is 16.2 Å². The van der Waals surface area contributed by atoms with E-state index < -0.39 is 21.0 Å². The van der Waals surface area contributed by atoms with Gasteiger partial charge in [0.1, 0.15) is 5.75 Å². The first-order valence-electron chi connectivity index (χ1n) is 7.72. The van der Waals surface area contributed by atoms with Crippen molar-refractivity contribution in [2.45, 2.75) is 23.8 Å². The van der Waals surface area contributed by atoms with Crippen LogP contribution in [-0.4, -0.2) is 20.5 Å². The number of fused-ring (bicyclic) bond motifs is 1. The van der Waals surface area contributed by atoms with E-state index >= 15 is 0 Å². The first-order valence-corrected chi connectivity index (χ1v) is 9.13. The van der Waals surface area contributed by atoms with Crippen LogP contribution in [0, 0.1) is 0 Å². The Balaban J connectivity index is 1.92. The lowest BCUT2D eigenvalue weighted by molar-refractivity contribution is -0.0500. The molecule has 1 unspecified atom stereocenters. The highest BCUT2D eigenvalue weighted by atomic mass is 32.2. The van der Waals surface area contributed by atoms with Crippen molar-refractivity contribution in [2.75, 3.05) is 6.54 Å². The monoisotopic (exact) mass is 369 g/mol. The molecule has 1 aromatic rings. The van der Waals surface area contributed by atoms with Gasteiger partial charge in [0.15, 0.2) is 0 Å². The molecule has 8 heteroatoms. The molecule has 1 saturated heterocycles. The van der Waals surface area contributed by atoms with E-state index in [1.807, 2.05) is 24.3 Å². The highest BCUT2D eigenvalue weighted by molar-refractivity contribution is 7.88. The molecule has 4 rings (SSSR count). The van der Waals surface area contributed by atoms with E-state index in [0.29, 0.717) is 30.5 Å². The molecule has 0 amide bonds. The van der Waals surface area contributed by atoms with Crippen LogP contribution in [0.1, 0.15) is 24.0 Å². The zero-order chi connectivity index (χ0) is 17.9. The predicted molar refractivity (Wildman–Crippen MR) is 86.2 cm³/mol. The van der Waals surface area contributed by atoms with Gasteiger partial charge >= 0.3 is 15.6 Å². The van der Waals surface area contributed by atoms with Gasteiger partial charge in [-0.1, -0.05) is 30.4 Å². The zero-order valence-electron chi connectivity index (χ0n) is 12.9. The second kappa shape index (κ2) is 5.14. The molecule has 1 aromatic carbocycles. The summed E-state index contributed by atoms with van der Waals surface area (Å²) in [6.07, 6.45) is 8.80. The molecule has 4 nitrogen and oxygen atoms in total. The molecule has 0 spiro atoms. The lowest BCUT2D eigenvalue weighted by Gasteiger charge is -2.46. The molecule has 1 atom stereocenters. The van der Waals surface area contributed by atoms with Crippen molar-refractivity contribution < 1.29 is 25.8 Å². The summed E-state index contributed by atoms with van der Waals surface area (Å²) in [5.41, 5.74) is -3.00. The Morgan fingerprint density at radius 2 is 2.04 bits per heavy atom. The summed E-state index contributed by atoms with van der Waals surface area (Å²) in [6.45, 7) is 0.650. The normalized spacial score (nSPS) is 24.4. The van der Waals surface area contributed by atoms with Gasteiger partial charge in [-0.2, -0.15) is 21.6 Å². The molecular weight excluding hydrogens is 355 g/mol. The van der Waals surface area contributed by atoms with E-state index in [9.17, 15) is 21.6 Å². The van der Waals surface area contributed by atoms with Crippen LogP contribution in [0.15, 0.2) is 47.7 Å². The molecule has 2 aliphatic carbocycles. The van der Waals surface area contributed by atoms with Gasteiger partial charge < -0.3 is 9.50 Å². The molecule has 0 radical (unpaired) electrons. The predicted octanol–water partition coefficient (Wildman–Crippen LogP) is 3.39. The Labute approximate surface area is 142 Å². The summed E-state index contributed by atoms with van der Waals surface area (Å²) in [4.78, 5) is 0. The molecule has 1 N–H and O–H groups in total. The topological polar surface area (TPSA) is 55.4 Å². The maximum absolute atomic E-state index is 12.8. The van der Waals surface area contributed by atoms with Crippen LogP contribution in [0.2, 0.25) is 0 Å². The summed E-state index contributed by atoms with van der Waals surface area (Å²) in [7, 11) is -5.73. The second-order valence-electron chi connectivity index (χ2n) is 6.23. The third kappa shape index (κ3) is 2.31.